The Bertz CT molecular complexity index is 363. The molecular formula is C12H15NO2. The van der Waals surface area contributed by atoms with Crippen molar-refractivity contribution in [2.45, 2.75) is 24.3 Å². The summed E-state index contributed by atoms with van der Waals surface area (Å²) in [5.74, 6) is -0.200. The van der Waals surface area contributed by atoms with E-state index >= 15 is 0 Å². The van der Waals surface area contributed by atoms with Crippen molar-refractivity contribution in [1.29, 1.82) is 0 Å². The highest BCUT2D eigenvalue weighted by atomic mass is 16.5. The van der Waals surface area contributed by atoms with Gasteiger partial charge in [0.25, 0.3) is 0 Å². The normalized spacial score (nSPS) is 29.3. The second kappa shape index (κ2) is 3.66. The quantitative estimate of drug-likeness (QED) is 0.743. The lowest BCUT2D eigenvalue weighted by Gasteiger charge is -2.44. The monoisotopic (exact) mass is 205 g/mol. The number of carbonyl (C=O) groups excluding carboxylic acids is 1. The fraction of sp³-hybridized carbons (Fsp3) is 0.417. The summed E-state index contributed by atoms with van der Waals surface area (Å²) in [5, 5.41) is 0. The van der Waals surface area contributed by atoms with Gasteiger partial charge in [0.15, 0.2) is 0 Å². The van der Waals surface area contributed by atoms with Crippen LogP contribution >= 0.6 is 0 Å². The lowest BCUT2D eigenvalue weighted by molar-refractivity contribution is -0.151. The van der Waals surface area contributed by atoms with Crippen LogP contribution in [0.3, 0.4) is 0 Å². The summed E-state index contributed by atoms with van der Waals surface area (Å²) >= 11 is 0. The molecule has 3 heteroatoms. The molecule has 2 atom stereocenters. The van der Waals surface area contributed by atoms with Crippen molar-refractivity contribution in [3.05, 3.63) is 35.9 Å². The number of nitrogens with two attached hydrogens (primary N) is 1. The van der Waals surface area contributed by atoms with Gasteiger partial charge in [-0.05, 0) is 18.4 Å². The average molecular weight is 205 g/mol. The number of rotatable bonds is 2. The number of methoxy groups -OCH3 is 1. The highest BCUT2D eigenvalue weighted by molar-refractivity contribution is 5.83. The molecule has 0 bridgehead atoms. The first-order valence-corrected chi connectivity index (χ1v) is 5.11. The molecule has 1 aliphatic rings. The van der Waals surface area contributed by atoms with Crippen LogP contribution in [0.5, 0.6) is 0 Å². The van der Waals surface area contributed by atoms with Crippen LogP contribution in [0.1, 0.15) is 24.3 Å². The van der Waals surface area contributed by atoms with Crippen molar-refractivity contribution in [1.82, 2.24) is 0 Å². The van der Waals surface area contributed by atoms with E-state index in [2.05, 4.69) is 0 Å². The Morgan fingerprint density at radius 3 is 2.60 bits per heavy atom. The van der Waals surface area contributed by atoms with Crippen LogP contribution in [0.4, 0.5) is 0 Å². The van der Waals surface area contributed by atoms with Gasteiger partial charge in [-0.1, -0.05) is 30.3 Å². The molecule has 3 nitrogen and oxygen atoms in total. The second-order valence-corrected chi connectivity index (χ2v) is 4.03. The van der Waals surface area contributed by atoms with Gasteiger partial charge in [0.1, 0.15) is 5.54 Å². The van der Waals surface area contributed by atoms with Crippen molar-refractivity contribution >= 4 is 5.97 Å². The third-order valence-corrected chi connectivity index (χ3v) is 3.24. The molecule has 1 aromatic rings. The van der Waals surface area contributed by atoms with Gasteiger partial charge in [0.2, 0.25) is 0 Å². The van der Waals surface area contributed by atoms with Crippen LogP contribution in [0.25, 0.3) is 0 Å². The molecule has 0 saturated heterocycles. The third kappa shape index (κ3) is 1.53. The SMILES string of the molecule is COC(=O)C1(N)CCC1c1ccccc1. The van der Waals surface area contributed by atoms with E-state index in [1.807, 2.05) is 30.3 Å². The fourth-order valence-electron chi connectivity index (χ4n) is 2.18. The molecule has 1 saturated carbocycles. The highest BCUT2D eigenvalue weighted by Crippen LogP contribution is 2.44. The molecule has 0 aliphatic heterocycles. The Hall–Kier alpha value is -1.35. The maximum absolute atomic E-state index is 11.6. The van der Waals surface area contributed by atoms with Gasteiger partial charge in [-0.3, -0.25) is 4.79 Å². The molecule has 2 N–H and O–H groups in total. The van der Waals surface area contributed by atoms with Gasteiger partial charge in [0.05, 0.1) is 7.11 Å². The summed E-state index contributed by atoms with van der Waals surface area (Å²) in [4.78, 5) is 11.6. The van der Waals surface area contributed by atoms with Gasteiger partial charge < -0.3 is 10.5 Å². The zero-order valence-electron chi connectivity index (χ0n) is 8.77. The number of hydrogen-bond acceptors (Lipinski definition) is 3. The zero-order valence-corrected chi connectivity index (χ0v) is 8.77. The largest absolute Gasteiger partial charge is 0.468 e. The van der Waals surface area contributed by atoms with E-state index in [0.29, 0.717) is 6.42 Å². The molecule has 1 fully saturated rings. The molecule has 0 spiro atoms. The second-order valence-electron chi connectivity index (χ2n) is 4.03. The van der Waals surface area contributed by atoms with Crippen molar-refractivity contribution in [3.8, 4) is 0 Å². The Balaban J connectivity index is 2.23. The number of benzene rings is 1. The molecule has 1 aliphatic carbocycles. The minimum absolute atomic E-state index is 0.103. The first-order valence-electron chi connectivity index (χ1n) is 5.11. The fourth-order valence-corrected chi connectivity index (χ4v) is 2.18. The third-order valence-electron chi connectivity index (χ3n) is 3.24. The van der Waals surface area contributed by atoms with Crippen molar-refractivity contribution in [3.63, 3.8) is 0 Å². The predicted octanol–water partition coefficient (Wildman–Crippen LogP) is 1.43. The molecule has 2 rings (SSSR count). The lowest BCUT2D eigenvalue weighted by atomic mass is 9.64. The van der Waals surface area contributed by atoms with Crippen LogP contribution < -0.4 is 5.73 Å². The summed E-state index contributed by atoms with van der Waals surface area (Å²) in [6.45, 7) is 0. The van der Waals surface area contributed by atoms with Crippen LogP contribution in [-0.2, 0) is 9.53 Å². The highest BCUT2D eigenvalue weighted by Gasteiger charge is 2.51. The van der Waals surface area contributed by atoms with Crippen molar-refractivity contribution in [2.24, 2.45) is 5.73 Å². The Labute approximate surface area is 89.2 Å². The Kier molecular flexibility index (Phi) is 2.49. The van der Waals surface area contributed by atoms with Gasteiger partial charge in [-0.2, -0.15) is 0 Å². The van der Waals surface area contributed by atoms with E-state index in [9.17, 15) is 4.79 Å². The van der Waals surface area contributed by atoms with E-state index in [1.54, 1.807) is 0 Å². The van der Waals surface area contributed by atoms with E-state index in [1.165, 1.54) is 7.11 Å². The Morgan fingerprint density at radius 1 is 1.47 bits per heavy atom. The summed E-state index contributed by atoms with van der Waals surface area (Å²) in [5.41, 5.74) is 6.37. The van der Waals surface area contributed by atoms with E-state index in [0.717, 1.165) is 12.0 Å². The van der Waals surface area contributed by atoms with Crippen LogP contribution in [-0.4, -0.2) is 18.6 Å². The maximum atomic E-state index is 11.6. The predicted molar refractivity (Wildman–Crippen MR) is 57.4 cm³/mol. The first kappa shape index (κ1) is 10.2. The van der Waals surface area contributed by atoms with Gasteiger partial charge >= 0.3 is 5.97 Å². The number of esters is 1. The molecule has 15 heavy (non-hydrogen) atoms. The van der Waals surface area contributed by atoms with Gasteiger partial charge in [0, 0.05) is 5.92 Å². The molecule has 0 amide bonds. The molecular weight excluding hydrogens is 190 g/mol. The minimum atomic E-state index is -0.809. The summed E-state index contributed by atoms with van der Waals surface area (Å²) in [6.07, 6.45) is 1.66. The molecule has 0 radical (unpaired) electrons. The molecule has 2 unspecified atom stereocenters. The van der Waals surface area contributed by atoms with Gasteiger partial charge in [-0.25, -0.2) is 0 Å². The smallest absolute Gasteiger partial charge is 0.326 e. The van der Waals surface area contributed by atoms with Gasteiger partial charge in [-0.15, -0.1) is 0 Å². The van der Waals surface area contributed by atoms with Crippen LogP contribution in [0.15, 0.2) is 30.3 Å². The maximum Gasteiger partial charge on any atom is 0.326 e. The topological polar surface area (TPSA) is 52.3 Å². The number of hydrogen-bond donors (Lipinski definition) is 1. The lowest BCUT2D eigenvalue weighted by Crippen LogP contribution is -2.59. The van der Waals surface area contributed by atoms with E-state index in [4.69, 9.17) is 10.5 Å². The average Bonchev–Trinajstić information content (AvgIpc) is 2.27. The summed E-state index contributed by atoms with van der Waals surface area (Å²) in [6, 6.07) is 9.90. The standard InChI is InChI=1S/C12H15NO2/c1-15-11(14)12(13)8-7-10(12)9-5-3-2-4-6-9/h2-6,10H,7-8,13H2,1H3. The number of carbonyl (C=O) groups is 1. The summed E-state index contributed by atoms with van der Waals surface area (Å²) < 4.78 is 4.74. The Morgan fingerprint density at radius 2 is 2.13 bits per heavy atom. The molecule has 80 valence electrons. The molecule has 0 aromatic heterocycles. The zero-order chi connectivity index (χ0) is 10.9. The van der Waals surface area contributed by atoms with E-state index < -0.39 is 5.54 Å². The van der Waals surface area contributed by atoms with Crippen LogP contribution in [0.2, 0.25) is 0 Å². The van der Waals surface area contributed by atoms with Crippen LogP contribution in [0, 0.1) is 0 Å². The minimum Gasteiger partial charge on any atom is -0.468 e. The molecule has 1 aromatic carbocycles. The van der Waals surface area contributed by atoms with Crippen molar-refractivity contribution in [2.75, 3.05) is 7.11 Å². The summed E-state index contributed by atoms with van der Waals surface area (Å²) in [7, 11) is 1.39. The number of ether oxygens (including phenoxy) is 1. The van der Waals surface area contributed by atoms with E-state index in [-0.39, 0.29) is 11.9 Å². The first-order chi connectivity index (χ1) is 7.18. The van der Waals surface area contributed by atoms with Crippen molar-refractivity contribution < 1.29 is 9.53 Å². The molecule has 0 heterocycles.